The molecule has 258 valence electrons. The molecule has 0 nitrogen and oxygen atoms in total. The van der Waals surface area contributed by atoms with Gasteiger partial charge >= 0.3 is 30.2 Å². The van der Waals surface area contributed by atoms with Gasteiger partial charge in [0.1, 0.15) is 0 Å². The summed E-state index contributed by atoms with van der Waals surface area (Å²) in [6, 6.07) is 49.3. The van der Waals surface area contributed by atoms with E-state index >= 15 is 0 Å². The fraction of sp³-hybridized carbons (Fsp3) is 0.184. The number of fused-ring (bicyclic) bond motifs is 5. The molecule has 0 fully saturated rings. The van der Waals surface area contributed by atoms with Crippen LogP contribution in [-0.2, 0) is 28.8 Å². The maximum atomic E-state index is 3.06. The van der Waals surface area contributed by atoms with Gasteiger partial charge in [-0.25, -0.2) is 0 Å². The molecule has 0 aromatic heterocycles. The molecule has 0 heterocycles. The summed E-state index contributed by atoms with van der Waals surface area (Å²) in [7, 11) is 0. The molecule has 0 saturated heterocycles. The van der Waals surface area contributed by atoms with Crippen molar-refractivity contribution in [3.63, 3.8) is 0 Å². The number of benzene rings is 6. The quantitative estimate of drug-likeness (QED) is 0.0956. The van der Waals surface area contributed by atoms with Crippen molar-refractivity contribution >= 4 is 50.0 Å². The van der Waals surface area contributed by atoms with Crippen LogP contribution in [0, 0.1) is 28.7 Å². The summed E-state index contributed by atoms with van der Waals surface area (Å²) in [5, 5.41) is 10.7. The van der Waals surface area contributed by atoms with Crippen molar-refractivity contribution < 1.29 is 23.3 Å². The Bertz CT molecular complexity index is 2390. The first-order chi connectivity index (χ1) is 23.6. The van der Waals surface area contributed by atoms with Crippen LogP contribution in [0.1, 0.15) is 62.8 Å². The molecule has 0 aliphatic heterocycles. The van der Waals surface area contributed by atoms with Crippen molar-refractivity contribution in [2.24, 2.45) is 0 Å². The topological polar surface area (TPSA) is 0 Å². The van der Waals surface area contributed by atoms with E-state index in [2.05, 4.69) is 189 Å². The second kappa shape index (κ2) is 16.7. The zero-order chi connectivity index (χ0) is 34.9. The zero-order valence-electron chi connectivity index (χ0n) is 31.8. The fourth-order valence-corrected chi connectivity index (χ4v) is 7.09. The third-order valence-corrected chi connectivity index (χ3v) is 9.83. The minimum atomic E-state index is 0. The third-order valence-electron chi connectivity index (χ3n) is 9.83. The van der Waals surface area contributed by atoms with Crippen LogP contribution in [0.15, 0.2) is 133 Å². The molecule has 8 aromatic carbocycles. The third kappa shape index (κ3) is 8.14. The van der Waals surface area contributed by atoms with Gasteiger partial charge in [-0.15, -0.1) is 68.6 Å². The van der Waals surface area contributed by atoms with Crippen molar-refractivity contribution in [3.05, 3.63) is 171 Å². The molecular formula is C49H50SiZr-4. The maximum absolute atomic E-state index is 3.06. The fourth-order valence-electron chi connectivity index (χ4n) is 7.09. The molecule has 51 heavy (non-hydrogen) atoms. The number of rotatable bonds is 3. The van der Waals surface area contributed by atoms with Gasteiger partial charge in [0.05, 0.1) is 0 Å². The van der Waals surface area contributed by atoms with Gasteiger partial charge in [-0.05, 0) is 49.6 Å². The van der Waals surface area contributed by atoms with E-state index in [0.29, 0.717) is 5.92 Å². The van der Waals surface area contributed by atoms with Gasteiger partial charge in [0, 0.05) is 0 Å². The average Bonchev–Trinajstić information content (AvgIpc) is 3.74. The van der Waals surface area contributed by atoms with E-state index in [9.17, 15) is 0 Å². The van der Waals surface area contributed by atoms with Crippen molar-refractivity contribution in [1.29, 1.82) is 0 Å². The molecule has 0 aliphatic rings. The SMILES string of the molecule is CC(C)c1cc2c(-c3cccc4c3ccc3ccccc34)cccc2[cH-]1.Cc1cc2c(-c3ccc(C(C)(C)C)cc3)ccc(C)c2[cH-]1.[CH3-].[CH3-].[Si]=[Zr]. The molecule has 8 rings (SSSR count). The summed E-state index contributed by atoms with van der Waals surface area (Å²) < 4.78 is 0. The molecule has 2 heteroatoms. The predicted molar refractivity (Wildman–Crippen MR) is 226 cm³/mol. The van der Waals surface area contributed by atoms with Gasteiger partial charge in [-0.2, -0.15) is 12.1 Å². The predicted octanol–water partition coefficient (Wildman–Crippen LogP) is 14.3. The summed E-state index contributed by atoms with van der Waals surface area (Å²) in [6.45, 7) is 18.7. The molecule has 0 N–H and O–H groups in total. The van der Waals surface area contributed by atoms with E-state index in [1.54, 1.807) is 0 Å². The zero-order valence-corrected chi connectivity index (χ0v) is 35.2. The minimum absolute atomic E-state index is 0. The van der Waals surface area contributed by atoms with E-state index in [-0.39, 0.29) is 20.3 Å². The van der Waals surface area contributed by atoms with Crippen LogP contribution in [0.25, 0.3) is 65.3 Å². The molecule has 0 bridgehead atoms. The molecule has 0 atom stereocenters. The van der Waals surface area contributed by atoms with Gasteiger partial charge in [-0.1, -0.05) is 151 Å². The van der Waals surface area contributed by atoms with Crippen LogP contribution >= 0.6 is 0 Å². The Hall–Kier alpha value is -3.84. The summed E-state index contributed by atoms with van der Waals surface area (Å²) in [4.78, 5) is 0. The number of hydrogen-bond donors (Lipinski definition) is 0. The van der Waals surface area contributed by atoms with Crippen LogP contribution in [0.5, 0.6) is 0 Å². The molecule has 0 amide bonds. The molecule has 0 spiro atoms. The van der Waals surface area contributed by atoms with Crippen LogP contribution in [0.2, 0.25) is 0 Å². The number of hydrogen-bond acceptors (Lipinski definition) is 0. The molecular weight excluding hydrogens is 708 g/mol. The first kappa shape index (κ1) is 39.9. The van der Waals surface area contributed by atoms with Crippen molar-refractivity contribution in [3.8, 4) is 22.3 Å². The Morgan fingerprint density at radius 1 is 0.569 bits per heavy atom. The summed E-state index contributed by atoms with van der Waals surface area (Å²) in [6.07, 6.45) is 0. The summed E-state index contributed by atoms with van der Waals surface area (Å²) >= 11 is 1.36. The van der Waals surface area contributed by atoms with Crippen LogP contribution < -0.4 is 0 Å². The van der Waals surface area contributed by atoms with E-state index in [1.807, 2.05) is 0 Å². The summed E-state index contributed by atoms with van der Waals surface area (Å²) in [5.74, 6) is 0.548. The first-order valence-corrected chi connectivity index (χ1v) is 21.4. The van der Waals surface area contributed by atoms with Gasteiger partial charge < -0.3 is 14.9 Å². The van der Waals surface area contributed by atoms with Crippen molar-refractivity contribution in [2.75, 3.05) is 0 Å². The van der Waals surface area contributed by atoms with E-state index in [4.69, 9.17) is 0 Å². The van der Waals surface area contributed by atoms with E-state index in [1.165, 1.54) is 111 Å². The van der Waals surface area contributed by atoms with E-state index < -0.39 is 0 Å². The molecule has 0 aliphatic carbocycles. The first-order valence-electron chi connectivity index (χ1n) is 17.2. The molecule has 8 aromatic rings. The molecule has 0 unspecified atom stereocenters. The second-order valence-corrected chi connectivity index (χ2v) is 14.6. The van der Waals surface area contributed by atoms with E-state index in [0.717, 1.165) is 0 Å². The Morgan fingerprint density at radius 2 is 1.22 bits per heavy atom. The van der Waals surface area contributed by atoms with Crippen LogP contribution in [-0.4, -0.2) is 6.88 Å². The van der Waals surface area contributed by atoms with Crippen LogP contribution in [0.4, 0.5) is 0 Å². The van der Waals surface area contributed by atoms with Crippen molar-refractivity contribution in [2.45, 2.75) is 59.8 Å². The van der Waals surface area contributed by atoms with Crippen LogP contribution in [0.3, 0.4) is 0 Å². The summed E-state index contributed by atoms with van der Waals surface area (Å²) in [5.41, 5.74) is 11.0. The average molecular weight is 758 g/mol. The molecule has 2 radical (unpaired) electrons. The standard InChI is InChI=1S/C26H21.C21H23.2CH3.Si.Zr/c1-17(2)20-15-19-8-5-10-24(26(19)16-20)23-12-6-11-22-21-9-4-3-7-18(21)13-14-25(22)23;1-14-12-19-15(2)6-11-18(20(19)13-14)16-7-9-17(10-8-16)21(3,4)5;;;;/h3-17H,1-2H3;6-13H,1-5H3;2*1H3;;/q4*-1;;. The second-order valence-electron chi connectivity index (χ2n) is 14.6. The van der Waals surface area contributed by atoms with Gasteiger partial charge in [0.25, 0.3) is 0 Å². The monoisotopic (exact) mass is 756 g/mol. The Kier molecular flexibility index (Phi) is 13.1. The molecule has 0 saturated carbocycles. The van der Waals surface area contributed by atoms with Gasteiger partial charge in [0.2, 0.25) is 0 Å². The normalized spacial score (nSPS) is 11.0. The van der Waals surface area contributed by atoms with Crippen molar-refractivity contribution in [1.82, 2.24) is 0 Å². The van der Waals surface area contributed by atoms with Gasteiger partial charge in [0.15, 0.2) is 0 Å². The Morgan fingerprint density at radius 3 is 1.90 bits per heavy atom. The Labute approximate surface area is 323 Å². The Balaban J connectivity index is 0.000000215. The number of aryl methyl sites for hydroxylation is 2. The van der Waals surface area contributed by atoms with Gasteiger partial charge in [-0.3, -0.25) is 0 Å².